The molecule has 1 aliphatic rings. The van der Waals surface area contributed by atoms with Gasteiger partial charge >= 0.3 is 0 Å². The molecule has 1 aliphatic carbocycles. The topological polar surface area (TPSA) is 70.6 Å². The van der Waals surface area contributed by atoms with Gasteiger partial charge in [-0.2, -0.15) is 0 Å². The van der Waals surface area contributed by atoms with Gasteiger partial charge in [0.2, 0.25) is 0 Å². The third-order valence-corrected chi connectivity index (χ3v) is 5.05. The molecule has 0 aromatic heterocycles. The highest BCUT2D eigenvalue weighted by molar-refractivity contribution is 7.90. The molecule has 2 N–H and O–H groups in total. The van der Waals surface area contributed by atoms with Gasteiger partial charge in [-0.15, -0.1) is 0 Å². The third-order valence-electron chi connectivity index (χ3n) is 4.11. The lowest BCUT2D eigenvalue weighted by molar-refractivity contribution is 0.363. The van der Waals surface area contributed by atoms with Crippen LogP contribution in [0, 0.1) is 5.41 Å². The molecule has 0 saturated heterocycles. The first-order valence-corrected chi connectivity index (χ1v) is 10.5. The van der Waals surface area contributed by atoms with Crippen LogP contribution in [0.1, 0.15) is 59.3 Å². The third kappa shape index (κ3) is 8.61. The van der Waals surface area contributed by atoms with Gasteiger partial charge in [0.1, 0.15) is 9.84 Å². The van der Waals surface area contributed by atoms with Crippen molar-refractivity contribution in [3.05, 3.63) is 0 Å². The van der Waals surface area contributed by atoms with E-state index in [9.17, 15) is 8.42 Å². The van der Waals surface area contributed by atoms with Crippen molar-refractivity contribution in [3.63, 3.8) is 0 Å². The van der Waals surface area contributed by atoms with Gasteiger partial charge in [-0.3, -0.25) is 4.99 Å². The van der Waals surface area contributed by atoms with Crippen LogP contribution in [0.4, 0.5) is 0 Å². The molecule has 0 spiro atoms. The summed E-state index contributed by atoms with van der Waals surface area (Å²) in [6.45, 7) is 7.68. The van der Waals surface area contributed by atoms with Gasteiger partial charge in [-0.05, 0) is 31.6 Å². The summed E-state index contributed by atoms with van der Waals surface area (Å²) in [6, 6.07) is 0.519. The molecule has 0 aliphatic heterocycles. The molecule has 0 bridgehead atoms. The Hall–Kier alpha value is -0.780. The van der Waals surface area contributed by atoms with Crippen LogP contribution in [0.3, 0.4) is 0 Å². The molecule has 0 radical (unpaired) electrons. The molecule has 1 saturated carbocycles. The van der Waals surface area contributed by atoms with Gasteiger partial charge in [0.25, 0.3) is 0 Å². The maximum Gasteiger partial charge on any atom is 0.191 e. The van der Waals surface area contributed by atoms with Crippen molar-refractivity contribution < 1.29 is 8.42 Å². The van der Waals surface area contributed by atoms with Gasteiger partial charge < -0.3 is 10.6 Å². The summed E-state index contributed by atoms with van der Waals surface area (Å²) >= 11 is 0. The van der Waals surface area contributed by atoms with Crippen molar-refractivity contribution in [1.82, 2.24) is 10.6 Å². The number of sulfone groups is 1. The number of aliphatic imine (C=N–C) groups is 1. The maximum atomic E-state index is 11.3. The van der Waals surface area contributed by atoms with E-state index in [2.05, 4.69) is 36.4 Å². The van der Waals surface area contributed by atoms with E-state index in [4.69, 9.17) is 0 Å². The minimum absolute atomic E-state index is 0.113. The molecular formula is C16H33N3O2S. The monoisotopic (exact) mass is 331 g/mol. The van der Waals surface area contributed by atoms with Crippen molar-refractivity contribution in [2.24, 2.45) is 10.4 Å². The summed E-state index contributed by atoms with van der Waals surface area (Å²) in [5.74, 6) is 1.09. The van der Waals surface area contributed by atoms with Crippen LogP contribution in [-0.2, 0) is 9.84 Å². The quantitative estimate of drug-likeness (QED) is 0.555. The summed E-state index contributed by atoms with van der Waals surface area (Å²) in [6.07, 6.45) is 8.27. The molecule has 6 heteroatoms. The van der Waals surface area contributed by atoms with Crippen LogP contribution >= 0.6 is 0 Å². The zero-order valence-corrected chi connectivity index (χ0v) is 15.4. The van der Waals surface area contributed by atoms with E-state index in [1.165, 1.54) is 38.4 Å². The van der Waals surface area contributed by atoms with Crippen LogP contribution in [0.5, 0.6) is 0 Å². The Bertz CT molecular complexity index is 452. The molecule has 0 aromatic carbocycles. The van der Waals surface area contributed by atoms with E-state index in [1.807, 2.05) is 0 Å². The van der Waals surface area contributed by atoms with Crippen LogP contribution in [0.2, 0.25) is 0 Å². The van der Waals surface area contributed by atoms with E-state index in [-0.39, 0.29) is 11.2 Å². The lowest BCUT2D eigenvalue weighted by Gasteiger charge is -2.26. The van der Waals surface area contributed by atoms with E-state index in [0.717, 1.165) is 12.5 Å². The predicted molar refractivity (Wildman–Crippen MR) is 94.1 cm³/mol. The lowest BCUT2D eigenvalue weighted by atomic mass is 9.90. The standard InChI is InChI=1S/C16H33N3O2S/c1-5-17-15(19-14-9-7-6-8-10-14)18-13-16(2,3)11-12-22(4,20)21/h14H,5-13H2,1-4H3,(H2,17,18,19). The Balaban J connectivity index is 2.55. The number of guanidine groups is 1. The molecule has 130 valence electrons. The number of nitrogens with zero attached hydrogens (tertiary/aromatic N) is 1. The minimum atomic E-state index is -2.91. The summed E-state index contributed by atoms with van der Waals surface area (Å²) in [5, 5.41) is 6.82. The first-order valence-electron chi connectivity index (χ1n) is 8.44. The second kappa shape index (κ2) is 8.75. The largest absolute Gasteiger partial charge is 0.357 e. The second-order valence-electron chi connectivity index (χ2n) is 7.22. The Morgan fingerprint density at radius 3 is 2.41 bits per heavy atom. The van der Waals surface area contributed by atoms with E-state index < -0.39 is 9.84 Å². The fraction of sp³-hybridized carbons (Fsp3) is 0.938. The summed E-state index contributed by atoms with van der Waals surface area (Å²) in [4.78, 5) is 4.68. The van der Waals surface area contributed by atoms with Crippen LogP contribution in [0.15, 0.2) is 4.99 Å². The molecule has 0 aromatic rings. The summed E-state index contributed by atoms with van der Waals surface area (Å²) in [5.41, 5.74) is -0.113. The van der Waals surface area contributed by atoms with Gasteiger partial charge in [0, 0.05) is 25.4 Å². The van der Waals surface area contributed by atoms with Crippen molar-refractivity contribution in [2.45, 2.75) is 65.3 Å². The summed E-state index contributed by atoms with van der Waals surface area (Å²) < 4.78 is 22.6. The summed E-state index contributed by atoms with van der Waals surface area (Å²) in [7, 11) is -2.91. The van der Waals surface area contributed by atoms with E-state index in [0.29, 0.717) is 19.0 Å². The Morgan fingerprint density at radius 1 is 1.23 bits per heavy atom. The number of hydrogen-bond acceptors (Lipinski definition) is 3. The van der Waals surface area contributed by atoms with Gasteiger partial charge in [0.05, 0.1) is 5.75 Å². The first-order chi connectivity index (χ1) is 10.2. The molecular weight excluding hydrogens is 298 g/mol. The number of hydrogen-bond donors (Lipinski definition) is 2. The average Bonchev–Trinajstić information content (AvgIpc) is 2.44. The smallest absolute Gasteiger partial charge is 0.191 e. The van der Waals surface area contributed by atoms with E-state index in [1.54, 1.807) is 0 Å². The van der Waals surface area contributed by atoms with Crippen LogP contribution in [0.25, 0.3) is 0 Å². The highest BCUT2D eigenvalue weighted by atomic mass is 32.2. The van der Waals surface area contributed by atoms with Crippen LogP contribution < -0.4 is 10.6 Å². The molecule has 22 heavy (non-hydrogen) atoms. The fourth-order valence-electron chi connectivity index (χ4n) is 2.59. The normalized spacial score (nSPS) is 18.3. The van der Waals surface area contributed by atoms with Gasteiger partial charge in [-0.25, -0.2) is 8.42 Å². The van der Waals surface area contributed by atoms with E-state index >= 15 is 0 Å². The van der Waals surface area contributed by atoms with Gasteiger partial charge in [-0.1, -0.05) is 33.1 Å². The number of nitrogens with one attached hydrogen (secondary N) is 2. The van der Waals surface area contributed by atoms with Gasteiger partial charge in [0.15, 0.2) is 5.96 Å². The second-order valence-corrected chi connectivity index (χ2v) is 9.48. The Morgan fingerprint density at radius 2 is 1.86 bits per heavy atom. The molecule has 0 unspecified atom stereocenters. The van der Waals surface area contributed by atoms with Crippen LogP contribution in [-0.4, -0.2) is 45.5 Å². The van der Waals surface area contributed by atoms with Crippen molar-refractivity contribution >= 4 is 15.8 Å². The molecule has 0 amide bonds. The zero-order chi connectivity index (χ0) is 16.6. The minimum Gasteiger partial charge on any atom is -0.357 e. The molecule has 5 nitrogen and oxygen atoms in total. The Kier molecular flexibility index (Phi) is 7.66. The molecule has 1 fully saturated rings. The van der Waals surface area contributed by atoms with Crippen molar-refractivity contribution in [1.29, 1.82) is 0 Å². The molecule has 0 heterocycles. The zero-order valence-electron chi connectivity index (χ0n) is 14.6. The Labute approximate surface area is 136 Å². The average molecular weight is 332 g/mol. The SMILES string of the molecule is CCNC(=NCC(C)(C)CCS(C)(=O)=O)NC1CCCCC1. The lowest BCUT2D eigenvalue weighted by Crippen LogP contribution is -2.44. The van der Waals surface area contributed by atoms with Crippen molar-refractivity contribution in [3.8, 4) is 0 Å². The highest BCUT2D eigenvalue weighted by Gasteiger charge is 2.21. The first kappa shape index (κ1) is 19.3. The molecule has 1 rings (SSSR count). The maximum absolute atomic E-state index is 11.3. The predicted octanol–water partition coefficient (Wildman–Crippen LogP) is 2.34. The van der Waals surface area contributed by atoms with Crippen molar-refractivity contribution in [2.75, 3.05) is 25.1 Å². The number of rotatable bonds is 7. The highest BCUT2D eigenvalue weighted by Crippen LogP contribution is 2.22. The fourth-order valence-corrected chi connectivity index (χ4v) is 3.52. The molecule has 0 atom stereocenters.